The van der Waals surface area contributed by atoms with Crippen molar-refractivity contribution in [3.8, 4) is 11.3 Å². The molecule has 0 bridgehead atoms. The van der Waals surface area contributed by atoms with Crippen molar-refractivity contribution in [1.82, 2.24) is 14.5 Å². The van der Waals surface area contributed by atoms with Crippen molar-refractivity contribution in [3.63, 3.8) is 0 Å². The molecule has 0 aliphatic heterocycles. The Morgan fingerprint density at radius 1 is 1.36 bits per heavy atom. The minimum absolute atomic E-state index is 0.0112. The molecule has 3 aromatic heterocycles. The normalized spacial score (nSPS) is 14.0. The molecule has 1 amide bonds. The summed E-state index contributed by atoms with van der Waals surface area (Å²) in [5.74, 6) is 1.09. The van der Waals surface area contributed by atoms with Gasteiger partial charge >= 0.3 is 0 Å². The summed E-state index contributed by atoms with van der Waals surface area (Å²) in [6.07, 6.45) is 6.40. The number of H-pyrrole nitrogens is 1. The first-order valence-corrected chi connectivity index (χ1v) is 8.47. The average Bonchev–Trinajstić information content (AvgIpc) is 3.24. The van der Waals surface area contributed by atoms with Crippen LogP contribution in [0.3, 0.4) is 0 Å². The molecule has 0 aromatic carbocycles. The number of carbonyl (C=O) groups is 1. The summed E-state index contributed by atoms with van der Waals surface area (Å²) in [6.45, 7) is 1.97. The van der Waals surface area contributed by atoms with E-state index < -0.39 is 0 Å². The van der Waals surface area contributed by atoms with E-state index in [1.807, 2.05) is 25.1 Å². The van der Waals surface area contributed by atoms with E-state index in [1.165, 1.54) is 0 Å². The smallest absolute Gasteiger partial charge is 0.274 e. The zero-order valence-corrected chi connectivity index (χ0v) is 14.3. The summed E-state index contributed by atoms with van der Waals surface area (Å²) in [5, 5.41) is 3.73. The second-order valence-electron chi connectivity index (χ2n) is 6.78. The number of aromatic nitrogens is 3. The van der Waals surface area contributed by atoms with Gasteiger partial charge in [-0.05, 0) is 43.4 Å². The Balaban J connectivity index is 1.76. The SMILES string of the molecule is Cc1ccc(NC(=O)CC2CC2)nc1-c1cn(C)c(=O)c2[nH]ccc12. The van der Waals surface area contributed by atoms with Gasteiger partial charge in [0.05, 0.1) is 5.69 Å². The van der Waals surface area contributed by atoms with Crippen LogP contribution in [-0.2, 0) is 11.8 Å². The van der Waals surface area contributed by atoms with Gasteiger partial charge < -0.3 is 14.9 Å². The minimum Gasteiger partial charge on any atom is -0.357 e. The lowest BCUT2D eigenvalue weighted by atomic mass is 10.0. The Kier molecular flexibility index (Phi) is 3.67. The molecule has 3 aromatic rings. The standard InChI is InChI=1S/C19H20N4O2/c1-11-3-6-15(21-16(24)9-12-4-5-12)22-17(11)14-10-23(2)19(25)18-13(14)7-8-20-18/h3,6-8,10,12,20H,4-5,9H2,1-2H3,(H,21,22,24). The molecule has 0 unspecified atom stereocenters. The van der Waals surface area contributed by atoms with Gasteiger partial charge in [-0.1, -0.05) is 6.07 Å². The topological polar surface area (TPSA) is 79.8 Å². The summed E-state index contributed by atoms with van der Waals surface area (Å²) in [6, 6.07) is 5.64. The number of amides is 1. The van der Waals surface area contributed by atoms with Gasteiger partial charge in [0.1, 0.15) is 11.3 Å². The van der Waals surface area contributed by atoms with Gasteiger partial charge in [0.15, 0.2) is 0 Å². The fourth-order valence-electron chi connectivity index (χ4n) is 3.11. The highest BCUT2D eigenvalue weighted by molar-refractivity contribution is 5.95. The highest BCUT2D eigenvalue weighted by Crippen LogP contribution is 2.33. The molecule has 1 aliphatic carbocycles. The lowest BCUT2D eigenvalue weighted by Gasteiger charge is -2.11. The lowest BCUT2D eigenvalue weighted by molar-refractivity contribution is -0.116. The van der Waals surface area contributed by atoms with E-state index in [0.717, 1.165) is 35.0 Å². The molecule has 2 N–H and O–H groups in total. The van der Waals surface area contributed by atoms with Gasteiger partial charge in [0.25, 0.3) is 5.56 Å². The highest BCUT2D eigenvalue weighted by Gasteiger charge is 2.24. The first-order valence-electron chi connectivity index (χ1n) is 8.47. The number of nitrogens with one attached hydrogen (secondary N) is 2. The van der Waals surface area contributed by atoms with Gasteiger partial charge in [-0.3, -0.25) is 9.59 Å². The van der Waals surface area contributed by atoms with Gasteiger partial charge in [-0.2, -0.15) is 0 Å². The Hall–Kier alpha value is -2.89. The minimum atomic E-state index is -0.0738. The Bertz CT molecular complexity index is 1030. The number of aryl methyl sites for hydroxylation is 2. The number of fused-ring (bicyclic) bond motifs is 1. The monoisotopic (exact) mass is 336 g/mol. The molecule has 1 aliphatic rings. The van der Waals surface area contributed by atoms with E-state index in [0.29, 0.717) is 23.7 Å². The van der Waals surface area contributed by atoms with Crippen LogP contribution in [0.25, 0.3) is 22.2 Å². The zero-order chi connectivity index (χ0) is 17.6. The molecular formula is C19H20N4O2. The molecule has 0 atom stereocenters. The molecule has 128 valence electrons. The zero-order valence-electron chi connectivity index (χ0n) is 14.3. The Morgan fingerprint density at radius 2 is 2.16 bits per heavy atom. The van der Waals surface area contributed by atoms with Crippen molar-refractivity contribution in [2.24, 2.45) is 13.0 Å². The predicted octanol–water partition coefficient (Wildman–Crippen LogP) is 2.98. The molecule has 25 heavy (non-hydrogen) atoms. The number of carbonyl (C=O) groups excluding carboxylic acids is 1. The van der Waals surface area contributed by atoms with E-state index in [-0.39, 0.29) is 11.5 Å². The van der Waals surface area contributed by atoms with Crippen LogP contribution < -0.4 is 10.9 Å². The largest absolute Gasteiger partial charge is 0.357 e. The number of rotatable bonds is 4. The van der Waals surface area contributed by atoms with Crippen molar-refractivity contribution in [1.29, 1.82) is 0 Å². The second-order valence-corrected chi connectivity index (χ2v) is 6.78. The van der Waals surface area contributed by atoms with E-state index in [9.17, 15) is 9.59 Å². The number of hydrogen-bond acceptors (Lipinski definition) is 3. The average molecular weight is 336 g/mol. The maximum absolute atomic E-state index is 12.2. The predicted molar refractivity (Wildman–Crippen MR) is 97.5 cm³/mol. The maximum Gasteiger partial charge on any atom is 0.274 e. The summed E-state index contributed by atoms with van der Waals surface area (Å²) < 4.78 is 1.55. The molecule has 1 fully saturated rings. The summed E-state index contributed by atoms with van der Waals surface area (Å²) in [5.41, 5.74) is 3.11. The molecule has 1 saturated carbocycles. The van der Waals surface area contributed by atoms with Crippen LogP contribution in [0.1, 0.15) is 24.8 Å². The van der Waals surface area contributed by atoms with Crippen molar-refractivity contribution in [2.75, 3.05) is 5.32 Å². The Labute approximate surface area is 144 Å². The van der Waals surface area contributed by atoms with Crippen LogP contribution >= 0.6 is 0 Å². The second kappa shape index (κ2) is 5.88. The van der Waals surface area contributed by atoms with Crippen LogP contribution in [0, 0.1) is 12.8 Å². The Morgan fingerprint density at radius 3 is 2.92 bits per heavy atom. The van der Waals surface area contributed by atoms with E-state index in [1.54, 1.807) is 24.0 Å². The van der Waals surface area contributed by atoms with Crippen molar-refractivity contribution in [3.05, 3.63) is 46.5 Å². The quantitative estimate of drug-likeness (QED) is 0.769. The number of aromatic amines is 1. The molecule has 0 spiro atoms. The number of hydrogen-bond donors (Lipinski definition) is 2. The van der Waals surface area contributed by atoms with Crippen LogP contribution in [-0.4, -0.2) is 20.4 Å². The van der Waals surface area contributed by atoms with Crippen molar-refractivity contribution in [2.45, 2.75) is 26.2 Å². The number of nitrogens with zero attached hydrogens (tertiary/aromatic N) is 2. The van der Waals surface area contributed by atoms with Crippen LogP contribution in [0.4, 0.5) is 5.82 Å². The van der Waals surface area contributed by atoms with Gasteiger partial charge in [-0.25, -0.2) is 4.98 Å². The third kappa shape index (κ3) is 2.95. The lowest BCUT2D eigenvalue weighted by Crippen LogP contribution is -2.17. The maximum atomic E-state index is 12.2. The molecule has 6 nitrogen and oxygen atoms in total. The molecular weight excluding hydrogens is 316 g/mol. The molecule has 3 heterocycles. The third-order valence-corrected chi connectivity index (χ3v) is 4.68. The van der Waals surface area contributed by atoms with Crippen LogP contribution in [0.15, 0.2) is 35.4 Å². The first kappa shape index (κ1) is 15.6. The molecule has 4 rings (SSSR count). The summed E-state index contributed by atoms with van der Waals surface area (Å²) in [7, 11) is 1.72. The van der Waals surface area contributed by atoms with E-state index in [4.69, 9.17) is 0 Å². The fourth-order valence-corrected chi connectivity index (χ4v) is 3.11. The third-order valence-electron chi connectivity index (χ3n) is 4.68. The fraction of sp³-hybridized carbons (Fsp3) is 0.316. The van der Waals surface area contributed by atoms with Crippen molar-refractivity contribution >= 4 is 22.6 Å². The van der Waals surface area contributed by atoms with Gasteiger partial charge in [0, 0.05) is 36.8 Å². The number of anilines is 1. The summed E-state index contributed by atoms with van der Waals surface area (Å²) >= 11 is 0. The molecule has 6 heteroatoms. The van der Waals surface area contributed by atoms with E-state index >= 15 is 0 Å². The van der Waals surface area contributed by atoms with Crippen LogP contribution in [0.5, 0.6) is 0 Å². The van der Waals surface area contributed by atoms with Gasteiger partial charge in [-0.15, -0.1) is 0 Å². The van der Waals surface area contributed by atoms with Crippen molar-refractivity contribution < 1.29 is 4.79 Å². The molecule has 0 saturated heterocycles. The first-order chi connectivity index (χ1) is 12.0. The number of pyridine rings is 2. The highest BCUT2D eigenvalue weighted by atomic mass is 16.1. The summed E-state index contributed by atoms with van der Waals surface area (Å²) in [4.78, 5) is 31.9. The van der Waals surface area contributed by atoms with Crippen LogP contribution in [0.2, 0.25) is 0 Å². The molecule has 0 radical (unpaired) electrons. The van der Waals surface area contributed by atoms with Gasteiger partial charge in [0.2, 0.25) is 5.91 Å². The van der Waals surface area contributed by atoms with E-state index in [2.05, 4.69) is 15.3 Å².